The first-order valence-electron chi connectivity index (χ1n) is 14.5. The molecule has 0 spiro atoms. The first kappa shape index (κ1) is 28.2. The zero-order chi connectivity index (χ0) is 25.4. The van der Waals surface area contributed by atoms with E-state index in [1.165, 1.54) is 69.1 Å². The van der Waals surface area contributed by atoms with Gasteiger partial charge in [-0.15, -0.1) is 0 Å². The van der Waals surface area contributed by atoms with Crippen LogP contribution in [0.5, 0.6) is 0 Å². The summed E-state index contributed by atoms with van der Waals surface area (Å²) in [6.07, 6.45) is 20.7. The summed E-state index contributed by atoms with van der Waals surface area (Å²) in [7, 11) is -3.10. The zero-order valence-electron chi connectivity index (χ0n) is 22.3. The van der Waals surface area contributed by atoms with E-state index in [0.29, 0.717) is 19.5 Å². The number of rotatable bonds is 10. The number of hydrogen-bond donors (Lipinski definition) is 1. The van der Waals surface area contributed by atoms with Crippen LogP contribution in [0, 0.1) is 17.8 Å². The average molecular weight is 538 g/mol. The predicted octanol–water partition coefficient (Wildman–Crippen LogP) is 5.49. The minimum absolute atomic E-state index is 0.171. The molecule has 36 heavy (non-hydrogen) atoms. The van der Waals surface area contributed by atoms with Gasteiger partial charge in [-0.2, -0.15) is 4.31 Å². The molecule has 3 fully saturated rings. The molecule has 0 aromatic carbocycles. The molecule has 2 aliphatic carbocycles. The highest BCUT2D eigenvalue weighted by Crippen LogP contribution is 2.42. The fourth-order valence-corrected chi connectivity index (χ4v) is 8.88. The van der Waals surface area contributed by atoms with E-state index in [1.54, 1.807) is 23.0 Å². The van der Waals surface area contributed by atoms with Gasteiger partial charge in [-0.05, 0) is 37.5 Å². The van der Waals surface area contributed by atoms with Crippen LogP contribution in [-0.2, 0) is 14.8 Å². The lowest BCUT2D eigenvalue weighted by molar-refractivity contribution is -0.120. The highest BCUT2D eigenvalue weighted by Gasteiger charge is 2.32. The van der Waals surface area contributed by atoms with Crippen LogP contribution < -0.4 is 5.32 Å². The van der Waals surface area contributed by atoms with E-state index >= 15 is 0 Å². The van der Waals surface area contributed by atoms with Crippen LogP contribution in [0.2, 0.25) is 0 Å². The number of carbonyl (C=O) groups excluding carboxylic acids is 1. The van der Waals surface area contributed by atoms with Gasteiger partial charge in [0.2, 0.25) is 15.9 Å². The Morgan fingerprint density at radius 1 is 0.972 bits per heavy atom. The predicted molar refractivity (Wildman–Crippen MR) is 150 cm³/mol. The number of hydrogen-bond acceptors (Lipinski definition) is 5. The molecule has 8 heteroatoms. The molecule has 0 aromatic rings. The van der Waals surface area contributed by atoms with Crippen molar-refractivity contribution in [3.8, 4) is 0 Å². The van der Waals surface area contributed by atoms with Crippen LogP contribution in [0.25, 0.3) is 0 Å². The van der Waals surface area contributed by atoms with Gasteiger partial charge in [-0.25, -0.2) is 8.42 Å². The zero-order valence-corrected chi connectivity index (χ0v) is 23.9. The Morgan fingerprint density at radius 2 is 1.58 bits per heavy atom. The van der Waals surface area contributed by atoms with Crippen LogP contribution in [-0.4, -0.2) is 62.0 Å². The first-order valence-corrected chi connectivity index (χ1v) is 16.9. The summed E-state index contributed by atoms with van der Waals surface area (Å²) >= 11 is 1.67. The lowest BCUT2D eigenvalue weighted by Gasteiger charge is -2.38. The normalized spacial score (nSPS) is 23.9. The molecule has 2 aliphatic heterocycles. The monoisotopic (exact) mass is 537 g/mol. The van der Waals surface area contributed by atoms with E-state index in [9.17, 15) is 13.2 Å². The molecule has 0 aromatic heterocycles. The van der Waals surface area contributed by atoms with Gasteiger partial charge in [0.15, 0.2) is 0 Å². The molecule has 1 saturated heterocycles. The van der Waals surface area contributed by atoms with Crippen molar-refractivity contribution >= 4 is 27.7 Å². The summed E-state index contributed by atoms with van der Waals surface area (Å²) in [5.41, 5.74) is 0. The summed E-state index contributed by atoms with van der Waals surface area (Å²) in [6, 6.07) is 0. The molecule has 1 N–H and O–H groups in total. The minimum atomic E-state index is -3.10. The quantitative estimate of drug-likeness (QED) is 0.399. The molecule has 0 radical (unpaired) electrons. The van der Waals surface area contributed by atoms with E-state index in [0.717, 1.165) is 55.3 Å². The number of nitrogens with one attached hydrogen (secondary N) is 1. The number of amides is 1. The first-order chi connectivity index (χ1) is 17.4. The largest absolute Gasteiger partial charge is 0.321 e. The van der Waals surface area contributed by atoms with Gasteiger partial charge in [0.1, 0.15) is 0 Å². The van der Waals surface area contributed by atoms with Crippen molar-refractivity contribution in [2.75, 3.05) is 38.5 Å². The SMILES string of the molecule is CCS(=O)(=O)N1CCN(CC2=CCC=C(NC(=O)CCC(C3CCCCC3)C3CCCCC3)S2)CC1. The van der Waals surface area contributed by atoms with E-state index < -0.39 is 10.0 Å². The number of thioether (sulfide) groups is 1. The smallest absolute Gasteiger partial charge is 0.224 e. The van der Waals surface area contributed by atoms with Crippen LogP contribution in [0.3, 0.4) is 0 Å². The number of carbonyl (C=O) groups is 1. The van der Waals surface area contributed by atoms with Crippen LogP contribution >= 0.6 is 11.8 Å². The molecule has 0 bridgehead atoms. The lowest BCUT2D eigenvalue weighted by atomic mass is 9.68. The molecule has 4 aliphatic rings. The third-order valence-electron chi connectivity index (χ3n) is 8.84. The van der Waals surface area contributed by atoms with Gasteiger partial charge >= 0.3 is 0 Å². The van der Waals surface area contributed by atoms with Crippen molar-refractivity contribution in [3.05, 3.63) is 22.1 Å². The summed E-state index contributed by atoms with van der Waals surface area (Å²) in [4.78, 5) is 16.6. The van der Waals surface area contributed by atoms with Crippen molar-refractivity contribution in [3.63, 3.8) is 0 Å². The summed E-state index contributed by atoms with van der Waals surface area (Å²) in [6.45, 7) is 5.18. The molecule has 2 saturated carbocycles. The highest BCUT2D eigenvalue weighted by molar-refractivity contribution is 8.06. The Balaban J connectivity index is 1.22. The second kappa shape index (κ2) is 13.8. The fourth-order valence-electron chi connectivity index (χ4n) is 6.74. The fraction of sp³-hybridized carbons (Fsp3) is 0.821. The Hall–Kier alpha value is -0.830. The minimum Gasteiger partial charge on any atom is -0.321 e. The Morgan fingerprint density at radius 3 is 2.17 bits per heavy atom. The topological polar surface area (TPSA) is 69.7 Å². The molecule has 0 unspecified atom stereocenters. The summed E-state index contributed by atoms with van der Waals surface area (Å²) < 4.78 is 25.8. The number of nitrogens with zero attached hydrogens (tertiary/aromatic N) is 2. The van der Waals surface area contributed by atoms with Crippen molar-refractivity contribution in [1.29, 1.82) is 0 Å². The van der Waals surface area contributed by atoms with E-state index in [-0.39, 0.29) is 11.7 Å². The van der Waals surface area contributed by atoms with Gasteiger partial charge in [-0.3, -0.25) is 9.69 Å². The molecule has 4 rings (SSSR count). The maximum atomic E-state index is 13.0. The second-order valence-electron chi connectivity index (χ2n) is 11.2. The number of allylic oxidation sites excluding steroid dienone is 2. The van der Waals surface area contributed by atoms with Gasteiger partial charge in [0.25, 0.3) is 0 Å². The Kier molecular flexibility index (Phi) is 10.8. The Bertz CT molecular complexity index is 864. The molecule has 2 heterocycles. The number of sulfonamides is 1. The van der Waals surface area contributed by atoms with Crippen LogP contribution in [0.15, 0.2) is 22.1 Å². The molecule has 204 valence electrons. The standard InChI is InChI=1S/C28H47N3O3S2/c1-2-36(33,34)31-20-18-30(19-21-31)22-25-14-9-15-28(35-25)29-27(32)17-16-26(23-10-5-3-6-11-23)24-12-7-4-8-13-24/h14-15,23-24,26H,2-13,16-22H2,1H3,(H,29,32). The van der Waals surface area contributed by atoms with Crippen molar-refractivity contribution < 1.29 is 13.2 Å². The van der Waals surface area contributed by atoms with Gasteiger partial charge in [-0.1, -0.05) is 88.1 Å². The molecule has 0 atom stereocenters. The average Bonchev–Trinajstić information content (AvgIpc) is 2.90. The third kappa shape index (κ3) is 8.08. The number of piperazine rings is 1. The highest BCUT2D eigenvalue weighted by atomic mass is 32.2. The maximum absolute atomic E-state index is 13.0. The Labute approximate surface area is 223 Å². The summed E-state index contributed by atoms with van der Waals surface area (Å²) in [5, 5.41) is 4.19. The van der Waals surface area contributed by atoms with Crippen molar-refractivity contribution in [2.24, 2.45) is 17.8 Å². The van der Waals surface area contributed by atoms with Gasteiger partial charge in [0, 0.05) is 44.0 Å². The van der Waals surface area contributed by atoms with E-state index in [2.05, 4.69) is 22.4 Å². The van der Waals surface area contributed by atoms with E-state index in [4.69, 9.17) is 0 Å². The van der Waals surface area contributed by atoms with Crippen molar-refractivity contribution in [2.45, 2.75) is 90.4 Å². The van der Waals surface area contributed by atoms with Crippen molar-refractivity contribution in [1.82, 2.24) is 14.5 Å². The molecule has 6 nitrogen and oxygen atoms in total. The molecular formula is C28H47N3O3S2. The van der Waals surface area contributed by atoms with Crippen LogP contribution in [0.1, 0.15) is 90.4 Å². The van der Waals surface area contributed by atoms with E-state index in [1.807, 2.05) is 0 Å². The van der Waals surface area contributed by atoms with Gasteiger partial charge < -0.3 is 5.32 Å². The summed E-state index contributed by atoms with van der Waals surface area (Å²) in [5.74, 6) is 2.74. The van der Waals surface area contributed by atoms with Crippen LogP contribution in [0.4, 0.5) is 0 Å². The maximum Gasteiger partial charge on any atom is 0.224 e. The van der Waals surface area contributed by atoms with Gasteiger partial charge in [0.05, 0.1) is 10.8 Å². The molecule has 1 amide bonds. The molecular weight excluding hydrogens is 490 g/mol. The third-order valence-corrected chi connectivity index (χ3v) is 11.8. The second-order valence-corrected chi connectivity index (χ2v) is 14.6. The lowest BCUT2D eigenvalue weighted by Crippen LogP contribution is -2.49.